The smallest absolute Gasteiger partial charge is 0.352 e. The highest BCUT2D eigenvalue weighted by Gasteiger charge is 2.21. The maximum absolute atomic E-state index is 12.2. The number of sulfonamides is 1. The second-order valence-corrected chi connectivity index (χ2v) is 6.45. The summed E-state index contributed by atoms with van der Waals surface area (Å²) < 4.78 is 28.3. The minimum absolute atomic E-state index is 0.00251. The second kappa shape index (κ2) is 6.90. The molecule has 0 aliphatic heterocycles. The zero-order valence-electron chi connectivity index (χ0n) is 12.1. The zero-order valence-corrected chi connectivity index (χ0v) is 12.9. The lowest BCUT2D eigenvalue weighted by atomic mass is 10.0. The normalized spacial score (nSPS) is 12.0. The van der Waals surface area contributed by atoms with Crippen molar-refractivity contribution in [1.29, 1.82) is 0 Å². The van der Waals surface area contributed by atoms with E-state index in [2.05, 4.69) is 4.72 Å². The van der Waals surface area contributed by atoms with Crippen molar-refractivity contribution in [3.8, 4) is 0 Å². The summed E-state index contributed by atoms with van der Waals surface area (Å²) >= 11 is 0. The van der Waals surface area contributed by atoms with Gasteiger partial charge in [-0.2, -0.15) is 0 Å². The fraction of sp³-hybridized carbons (Fsp3) is 0.615. The predicted molar refractivity (Wildman–Crippen MR) is 76.3 cm³/mol. The largest absolute Gasteiger partial charge is 0.477 e. The van der Waals surface area contributed by atoms with Gasteiger partial charge in [-0.25, -0.2) is 17.9 Å². The SMILES string of the molecule is CCC(CC)CNS(=O)(=O)c1cc(C(=O)O)n(CC)c1. The van der Waals surface area contributed by atoms with Crippen LogP contribution in [-0.4, -0.2) is 30.6 Å². The molecule has 20 heavy (non-hydrogen) atoms. The Bertz CT molecular complexity index is 559. The number of carbonyl (C=O) groups is 1. The van der Waals surface area contributed by atoms with E-state index in [1.807, 2.05) is 13.8 Å². The molecule has 1 heterocycles. The van der Waals surface area contributed by atoms with Gasteiger partial charge in [0.2, 0.25) is 10.0 Å². The van der Waals surface area contributed by atoms with Gasteiger partial charge in [0, 0.05) is 19.3 Å². The van der Waals surface area contributed by atoms with Crippen LogP contribution in [0.25, 0.3) is 0 Å². The van der Waals surface area contributed by atoms with Crippen molar-refractivity contribution in [1.82, 2.24) is 9.29 Å². The number of rotatable bonds is 8. The van der Waals surface area contributed by atoms with Crippen molar-refractivity contribution in [2.24, 2.45) is 5.92 Å². The molecular weight excluding hydrogens is 280 g/mol. The summed E-state index contributed by atoms with van der Waals surface area (Å²) in [6, 6.07) is 1.20. The highest BCUT2D eigenvalue weighted by molar-refractivity contribution is 7.89. The number of aromatic carboxylic acids is 1. The fourth-order valence-corrected chi connectivity index (χ4v) is 3.11. The van der Waals surface area contributed by atoms with Gasteiger partial charge >= 0.3 is 5.97 Å². The molecule has 6 nitrogen and oxygen atoms in total. The summed E-state index contributed by atoms with van der Waals surface area (Å²) in [6.45, 7) is 6.57. The van der Waals surface area contributed by atoms with E-state index in [0.717, 1.165) is 12.8 Å². The van der Waals surface area contributed by atoms with Crippen molar-refractivity contribution >= 4 is 16.0 Å². The van der Waals surface area contributed by atoms with E-state index >= 15 is 0 Å². The van der Waals surface area contributed by atoms with Gasteiger partial charge in [0.15, 0.2) is 0 Å². The molecule has 2 N–H and O–H groups in total. The number of nitrogens with one attached hydrogen (secondary N) is 1. The number of nitrogens with zero attached hydrogens (tertiary/aromatic N) is 1. The lowest BCUT2D eigenvalue weighted by Gasteiger charge is -2.12. The van der Waals surface area contributed by atoms with Gasteiger partial charge in [-0.1, -0.05) is 26.7 Å². The average Bonchev–Trinajstić information content (AvgIpc) is 2.85. The number of carboxylic acids is 1. The number of aromatic nitrogens is 1. The van der Waals surface area contributed by atoms with Gasteiger partial charge in [-0.15, -0.1) is 0 Å². The highest BCUT2D eigenvalue weighted by atomic mass is 32.2. The van der Waals surface area contributed by atoms with Crippen molar-refractivity contribution in [2.75, 3.05) is 6.54 Å². The number of carboxylic acid groups (broad SMARTS) is 1. The van der Waals surface area contributed by atoms with E-state index in [1.165, 1.54) is 16.8 Å². The summed E-state index contributed by atoms with van der Waals surface area (Å²) in [5.74, 6) is -0.842. The Kier molecular flexibility index (Phi) is 5.76. The third-order valence-corrected chi connectivity index (χ3v) is 4.85. The summed E-state index contributed by atoms with van der Waals surface area (Å²) in [4.78, 5) is 11.0. The summed E-state index contributed by atoms with van der Waals surface area (Å²) in [5.41, 5.74) is -0.0181. The molecule has 0 aromatic carbocycles. The Balaban J connectivity index is 2.95. The molecule has 0 saturated heterocycles. The Labute approximate surface area is 119 Å². The van der Waals surface area contributed by atoms with E-state index in [0.29, 0.717) is 13.1 Å². The molecule has 0 unspecified atom stereocenters. The first-order valence-corrected chi connectivity index (χ1v) is 8.27. The van der Waals surface area contributed by atoms with Crippen LogP contribution in [0.5, 0.6) is 0 Å². The highest BCUT2D eigenvalue weighted by Crippen LogP contribution is 2.15. The summed E-state index contributed by atoms with van der Waals surface area (Å²) in [6.07, 6.45) is 3.16. The lowest BCUT2D eigenvalue weighted by molar-refractivity contribution is 0.0685. The van der Waals surface area contributed by atoms with Gasteiger partial charge in [0.1, 0.15) is 10.6 Å². The van der Waals surface area contributed by atoms with Crippen LogP contribution >= 0.6 is 0 Å². The van der Waals surface area contributed by atoms with Crippen LogP contribution < -0.4 is 4.72 Å². The van der Waals surface area contributed by atoms with E-state index in [4.69, 9.17) is 5.11 Å². The number of hydrogen-bond donors (Lipinski definition) is 2. The average molecular weight is 302 g/mol. The molecule has 1 aromatic rings. The van der Waals surface area contributed by atoms with Crippen molar-refractivity contribution in [3.63, 3.8) is 0 Å². The maximum Gasteiger partial charge on any atom is 0.352 e. The van der Waals surface area contributed by atoms with Crippen LogP contribution in [0.2, 0.25) is 0 Å². The predicted octanol–water partition coefficient (Wildman–Crippen LogP) is 1.92. The minimum Gasteiger partial charge on any atom is -0.477 e. The van der Waals surface area contributed by atoms with Crippen LogP contribution in [0.4, 0.5) is 0 Å². The van der Waals surface area contributed by atoms with E-state index < -0.39 is 16.0 Å². The van der Waals surface area contributed by atoms with Crippen molar-refractivity contribution in [3.05, 3.63) is 18.0 Å². The van der Waals surface area contributed by atoms with Crippen LogP contribution in [0.15, 0.2) is 17.2 Å². The van der Waals surface area contributed by atoms with Crippen molar-refractivity contribution in [2.45, 2.75) is 45.1 Å². The van der Waals surface area contributed by atoms with Crippen LogP contribution in [0.3, 0.4) is 0 Å². The number of hydrogen-bond acceptors (Lipinski definition) is 3. The molecule has 0 atom stereocenters. The molecule has 0 amide bonds. The van der Waals surface area contributed by atoms with Gasteiger partial charge in [-0.3, -0.25) is 0 Å². The van der Waals surface area contributed by atoms with E-state index in [9.17, 15) is 13.2 Å². The quantitative estimate of drug-likeness (QED) is 0.768. The Morgan fingerprint density at radius 1 is 1.35 bits per heavy atom. The maximum atomic E-state index is 12.2. The van der Waals surface area contributed by atoms with E-state index in [-0.39, 0.29) is 16.5 Å². The second-order valence-electron chi connectivity index (χ2n) is 4.69. The molecule has 0 saturated carbocycles. The molecule has 1 rings (SSSR count). The first-order chi connectivity index (χ1) is 9.35. The lowest BCUT2D eigenvalue weighted by Crippen LogP contribution is -2.28. The standard InChI is InChI=1S/C13H22N2O4S/c1-4-10(5-2)8-14-20(18,19)11-7-12(13(16)17)15(6-3)9-11/h7,9-10,14H,4-6,8H2,1-3H3,(H,16,17). The molecule has 0 spiro atoms. The first-order valence-electron chi connectivity index (χ1n) is 6.78. The third-order valence-electron chi connectivity index (χ3n) is 3.46. The minimum atomic E-state index is -3.65. The van der Waals surface area contributed by atoms with Gasteiger partial charge < -0.3 is 9.67 Å². The summed E-state index contributed by atoms with van der Waals surface area (Å²) in [7, 11) is -3.65. The van der Waals surface area contributed by atoms with Gasteiger partial charge in [0.05, 0.1) is 0 Å². The Hall–Kier alpha value is -1.34. The molecule has 0 aliphatic carbocycles. The monoisotopic (exact) mass is 302 g/mol. The van der Waals surface area contributed by atoms with E-state index in [1.54, 1.807) is 6.92 Å². The topological polar surface area (TPSA) is 88.4 Å². The molecule has 0 bridgehead atoms. The molecule has 7 heteroatoms. The molecule has 0 radical (unpaired) electrons. The van der Waals surface area contributed by atoms with Crippen molar-refractivity contribution < 1.29 is 18.3 Å². The number of aryl methyl sites for hydroxylation is 1. The van der Waals surface area contributed by atoms with Crippen LogP contribution in [0.1, 0.15) is 44.1 Å². The van der Waals surface area contributed by atoms with Crippen LogP contribution in [0, 0.1) is 5.92 Å². The van der Waals surface area contributed by atoms with Gasteiger partial charge in [-0.05, 0) is 18.9 Å². The molecule has 0 aliphatic rings. The summed E-state index contributed by atoms with van der Waals surface area (Å²) in [5, 5.41) is 9.03. The fourth-order valence-electron chi connectivity index (χ4n) is 1.96. The van der Waals surface area contributed by atoms with Crippen LogP contribution in [-0.2, 0) is 16.6 Å². The van der Waals surface area contributed by atoms with Gasteiger partial charge in [0.25, 0.3) is 0 Å². The Morgan fingerprint density at radius 2 is 1.95 bits per heavy atom. The molecule has 114 valence electrons. The molecular formula is C13H22N2O4S. The zero-order chi connectivity index (χ0) is 15.3. The molecule has 0 fully saturated rings. The third kappa shape index (κ3) is 3.83. The Morgan fingerprint density at radius 3 is 2.35 bits per heavy atom. The molecule has 1 aromatic heterocycles. The first kappa shape index (κ1) is 16.7.